The van der Waals surface area contributed by atoms with Crippen molar-refractivity contribution >= 4 is 5.97 Å². The highest BCUT2D eigenvalue weighted by atomic mass is 16.4. The van der Waals surface area contributed by atoms with E-state index in [-0.39, 0.29) is 0 Å². The zero-order valence-electron chi connectivity index (χ0n) is 13.1. The molecule has 2 unspecified atom stereocenters. The van der Waals surface area contributed by atoms with Gasteiger partial charge in [0.2, 0.25) is 0 Å². The SMILES string of the molecule is CCNC1(C(=O)O)CCC(N(CC(C)C)C(C)C)C1. The minimum absolute atomic E-state index is 0.387. The summed E-state index contributed by atoms with van der Waals surface area (Å²) in [6.45, 7) is 12.6. The molecule has 0 aromatic heterocycles. The third-order valence-corrected chi connectivity index (χ3v) is 4.12. The predicted octanol–water partition coefficient (Wildman–Crippen LogP) is 2.34. The Morgan fingerprint density at radius 1 is 1.42 bits per heavy atom. The third-order valence-electron chi connectivity index (χ3n) is 4.12. The molecule has 1 rings (SSSR count). The second-order valence-electron chi connectivity index (χ2n) is 6.50. The van der Waals surface area contributed by atoms with Crippen molar-refractivity contribution in [1.82, 2.24) is 10.2 Å². The summed E-state index contributed by atoms with van der Waals surface area (Å²) in [6, 6.07) is 0.858. The Bertz CT molecular complexity index is 305. The normalized spacial score (nSPS) is 27.7. The van der Waals surface area contributed by atoms with Gasteiger partial charge in [-0.2, -0.15) is 0 Å². The highest BCUT2D eigenvalue weighted by Crippen LogP contribution is 2.34. The molecule has 2 N–H and O–H groups in total. The van der Waals surface area contributed by atoms with Crippen molar-refractivity contribution in [3.05, 3.63) is 0 Å². The Hall–Kier alpha value is -0.610. The van der Waals surface area contributed by atoms with E-state index in [1.807, 2.05) is 6.92 Å². The fourth-order valence-electron chi connectivity index (χ4n) is 3.27. The van der Waals surface area contributed by atoms with Crippen LogP contribution in [0.4, 0.5) is 0 Å². The number of aliphatic carboxylic acids is 1. The van der Waals surface area contributed by atoms with Crippen LogP contribution in [0, 0.1) is 5.92 Å². The molecule has 4 nitrogen and oxygen atoms in total. The molecule has 0 spiro atoms. The molecular weight excluding hydrogens is 240 g/mol. The number of carbonyl (C=O) groups is 1. The van der Waals surface area contributed by atoms with E-state index < -0.39 is 11.5 Å². The zero-order valence-corrected chi connectivity index (χ0v) is 13.1. The maximum absolute atomic E-state index is 11.6. The van der Waals surface area contributed by atoms with E-state index >= 15 is 0 Å². The molecule has 19 heavy (non-hydrogen) atoms. The van der Waals surface area contributed by atoms with Gasteiger partial charge in [-0.05, 0) is 45.6 Å². The molecule has 0 amide bonds. The molecule has 2 atom stereocenters. The minimum Gasteiger partial charge on any atom is -0.480 e. The van der Waals surface area contributed by atoms with Crippen LogP contribution in [0.3, 0.4) is 0 Å². The summed E-state index contributed by atoms with van der Waals surface area (Å²) in [5, 5.41) is 12.7. The zero-order chi connectivity index (χ0) is 14.6. The van der Waals surface area contributed by atoms with Crippen LogP contribution in [0.2, 0.25) is 0 Å². The van der Waals surface area contributed by atoms with Crippen LogP contribution < -0.4 is 5.32 Å². The molecule has 0 heterocycles. The first-order valence-corrected chi connectivity index (χ1v) is 7.56. The van der Waals surface area contributed by atoms with Crippen LogP contribution in [-0.4, -0.2) is 46.7 Å². The molecule has 0 radical (unpaired) electrons. The molecule has 1 fully saturated rings. The van der Waals surface area contributed by atoms with Gasteiger partial charge in [-0.1, -0.05) is 20.8 Å². The molecule has 1 aliphatic rings. The Kier molecular flexibility index (Phi) is 5.81. The van der Waals surface area contributed by atoms with E-state index in [2.05, 4.69) is 37.9 Å². The smallest absolute Gasteiger partial charge is 0.323 e. The molecule has 0 saturated heterocycles. The largest absolute Gasteiger partial charge is 0.480 e. The second kappa shape index (κ2) is 6.71. The molecule has 4 heteroatoms. The minimum atomic E-state index is -0.705. The number of carboxylic acid groups (broad SMARTS) is 1. The molecule has 112 valence electrons. The van der Waals surface area contributed by atoms with Gasteiger partial charge in [0.25, 0.3) is 0 Å². The Morgan fingerprint density at radius 3 is 2.47 bits per heavy atom. The van der Waals surface area contributed by atoms with Gasteiger partial charge in [0, 0.05) is 18.6 Å². The average molecular weight is 270 g/mol. The van der Waals surface area contributed by atoms with Crippen LogP contribution in [0.15, 0.2) is 0 Å². The topological polar surface area (TPSA) is 52.6 Å². The van der Waals surface area contributed by atoms with Crippen LogP contribution in [-0.2, 0) is 4.79 Å². The van der Waals surface area contributed by atoms with Crippen molar-refractivity contribution in [2.24, 2.45) is 5.92 Å². The Labute approximate surface area is 117 Å². The van der Waals surface area contributed by atoms with Crippen LogP contribution in [0.1, 0.15) is 53.9 Å². The second-order valence-corrected chi connectivity index (χ2v) is 6.50. The fourth-order valence-corrected chi connectivity index (χ4v) is 3.27. The number of rotatable bonds is 7. The first kappa shape index (κ1) is 16.4. The maximum atomic E-state index is 11.6. The number of carboxylic acids is 1. The number of nitrogens with zero attached hydrogens (tertiary/aromatic N) is 1. The summed E-state index contributed by atoms with van der Waals surface area (Å²) in [5.41, 5.74) is -0.705. The lowest BCUT2D eigenvalue weighted by Gasteiger charge is -2.35. The van der Waals surface area contributed by atoms with Crippen molar-refractivity contribution in [3.63, 3.8) is 0 Å². The third kappa shape index (κ3) is 3.93. The monoisotopic (exact) mass is 270 g/mol. The molecule has 1 saturated carbocycles. The van der Waals surface area contributed by atoms with E-state index in [0.29, 0.717) is 24.5 Å². The Balaban J connectivity index is 2.78. The van der Waals surface area contributed by atoms with E-state index in [0.717, 1.165) is 25.8 Å². The molecular formula is C15H30N2O2. The highest BCUT2D eigenvalue weighted by Gasteiger charge is 2.46. The quantitative estimate of drug-likeness (QED) is 0.745. The molecule has 0 aromatic rings. The molecule has 0 bridgehead atoms. The number of nitrogens with one attached hydrogen (secondary N) is 1. The maximum Gasteiger partial charge on any atom is 0.323 e. The van der Waals surface area contributed by atoms with E-state index in [4.69, 9.17) is 0 Å². The average Bonchev–Trinajstić information content (AvgIpc) is 2.71. The van der Waals surface area contributed by atoms with Crippen molar-refractivity contribution < 1.29 is 9.90 Å². The van der Waals surface area contributed by atoms with Gasteiger partial charge in [-0.25, -0.2) is 0 Å². The van der Waals surface area contributed by atoms with E-state index in [9.17, 15) is 9.90 Å². The van der Waals surface area contributed by atoms with E-state index in [1.165, 1.54) is 0 Å². The number of hydrogen-bond donors (Lipinski definition) is 2. The van der Waals surface area contributed by atoms with Gasteiger partial charge in [0.15, 0.2) is 0 Å². The summed E-state index contributed by atoms with van der Waals surface area (Å²) in [7, 11) is 0. The Morgan fingerprint density at radius 2 is 2.05 bits per heavy atom. The standard InChI is InChI=1S/C15H30N2O2/c1-6-16-15(14(18)19)8-7-13(9-15)17(12(4)5)10-11(2)3/h11-13,16H,6-10H2,1-5H3,(H,18,19). The molecule has 0 aliphatic heterocycles. The summed E-state index contributed by atoms with van der Waals surface area (Å²) in [4.78, 5) is 14.1. The molecule has 1 aliphatic carbocycles. The van der Waals surface area contributed by atoms with Crippen LogP contribution in [0.25, 0.3) is 0 Å². The predicted molar refractivity (Wildman–Crippen MR) is 78.4 cm³/mol. The van der Waals surface area contributed by atoms with Gasteiger partial charge in [0.1, 0.15) is 5.54 Å². The van der Waals surface area contributed by atoms with E-state index in [1.54, 1.807) is 0 Å². The summed E-state index contributed by atoms with van der Waals surface area (Å²) < 4.78 is 0. The van der Waals surface area contributed by atoms with Gasteiger partial charge < -0.3 is 10.4 Å². The van der Waals surface area contributed by atoms with Crippen molar-refractivity contribution in [2.75, 3.05) is 13.1 Å². The van der Waals surface area contributed by atoms with Crippen molar-refractivity contribution in [2.45, 2.75) is 71.5 Å². The summed E-state index contributed by atoms with van der Waals surface area (Å²) in [6.07, 6.45) is 2.44. The van der Waals surface area contributed by atoms with Crippen LogP contribution in [0.5, 0.6) is 0 Å². The van der Waals surface area contributed by atoms with Crippen LogP contribution >= 0.6 is 0 Å². The highest BCUT2D eigenvalue weighted by molar-refractivity contribution is 5.79. The van der Waals surface area contributed by atoms with Gasteiger partial charge in [-0.15, -0.1) is 0 Å². The summed E-state index contributed by atoms with van der Waals surface area (Å²) in [5.74, 6) is -0.0773. The van der Waals surface area contributed by atoms with Gasteiger partial charge >= 0.3 is 5.97 Å². The first-order valence-electron chi connectivity index (χ1n) is 7.56. The van der Waals surface area contributed by atoms with Crippen molar-refractivity contribution in [1.29, 1.82) is 0 Å². The lowest BCUT2D eigenvalue weighted by atomic mass is 9.97. The van der Waals surface area contributed by atoms with Gasteiger partial charge in [-0.3, -0.25) is 9.69 Å². The van der Waals surface area contributed by atoms with Gasteiger partial charge in [0.05, 0.1) is 0 Å². The summed E-state index contributed by atoms with van der Waals surface area (Å²) >= 11 is 0. The van der Waals surface area contributed by atoms with Crippen molar-refractivity contribution in [3.8, 4) is 0 Å². The lowest BCUT2D eigenvalue weighted by Crippen LogP contribution is -2.52. The number of likely N-dealkylation sites (N-methyl/N-ethyl adjacent to an activating group) is 1. The fraction of sp³-hybridized carbons (Fsp3) is 0.933. The first-order chi connectivity index (χ1) is 8.82. The lowest BCUT2D eigenvalue weighted by molar-refractivity contribution is -0.144. The number of hydrogen-bond acceptors (Lipinski definition) is 3. The molecule has 0 aromatic carbocycles.